The molecule has 1 unspecified atom stereocenters. The predicted molar refractivity (Wildman–Crippen MR) is 29.6 cm³/mol. The average molecular weight is 114 g/mol. The van der Waals surface area contributed by atoms with Gasteiger partial charge in [0.1, 0.15) is 6.61 Å². The van der Waals surface area contributed by atoms with E-state index in [1.54, 1.807) is 0 Å². The van der Waals surface area contributed by atoms with Gasteiger partial charge in [-0.15, -0.1) is 0 Å². The molecule has 1 saturated heterocycles. The maximum atomic E-state index is 10.5. The van der Waals surface area contributed by atoms with Crippen molar-refractivity contribution in [2.75, 3.05) is 13.2 Å². The van der Waals surface area contributed by atoms with Gasteiger partial charge in [-0.2, -0.15) is 0 Å². The summed E-state index contributed by atoms with van der Waals surface area (Å²) in [5, 5.41) is 0. The minimum Gasteiger partial charge on any atom is -0.373 e. The summed E-state index contributed by atoms with van der Waals surface area (Å²) in [4.78, 5) is 10.5. The summed E-state index contributed by atoms with van der Waals surface area (Å²) in [7, 11) is 0. The van der Waals surface area contributed by atoms with E-state index in [-0.39, 0.29) is 5.78 Å². The molecule has 2 heteroatoms. The normalized spacial score (nSPS) is 30.6. The molecule has 1 aliphatic rings. The predicted octanol–water partition coefficient (Wildman–Crippen LogP) is 0.612. The number of Topliss-reactive ketones (excluding diaryl/α,β-unsaturated/α-hetero) is 1. The Balaban J connectivity index is 2.34. The molecule has 1 atom stereocenters. The lowest BCUT2D eigenvalue weighted by atomic mass is 10.0. The molecule has 0 bridgehead atoms. The van der Waals surface area contributed by atoms with Crippen molar-refractivity contribution in [3.8, 4) is 0 Å². The summed E-state index contributed by atoms with van der Waals surface area (Å²) in [6, 6.07) is 0. The topological polar surface area (TPSA) is 26.3 Å². The van der Waals surface area contributed by atoms with Gasteiger partial charge in [-0.3, -0.25) is 4.79 Å². The molecule has 0 saturated carbocycles. The number of hydrogen-bond acceptors (Lipinski definition) is 2. The van der Waals surface area contributed by atoms with E-state index in [9.17, 15) is 4.79 Å². The van der Waals surface area contributed by atoms with Crippen molar-refractivity contribution in [2.45, 2.75) is 13.3 Å². The molecule has 0 radical (unpaired) electrons. The first-order valence-electron chi connectivity index (χ1n) is 2.88. The monoisotopic (exact) mass is 114 g/mol. The summed E-state index contributed by atoms with van der Waals surface area (Å²) in [5.74, 6) is 0.681. The highest BCUT2D eigenvalue weighted by atomic mass is 16.5. The van der Waals surface area contributed by atoms with Crippen LogP contribution >= 0.6 is 0 Å². The Morgan fingerprint density at radius 3 is 2.88 bits per heavy atom. The van der Waals surface area contributed by atoms with Crippen LogP contribution in [0.25, 0.3) is 0 Å². The Kier molecular flexibility index (Phi) is 1.63. The van der Waals surface area contributed by atoms with E-state index in [4.69, 9.17) is 4.74 Å². The van der Waals surface area contributed by atoms with Gasteiger partial charge in [0.25, 0.3) is 0 Å². The van der Waals surface area contributed by atoms with Crippen molar-refractivity contribution in [3.63, 3.8) is 0 Å². The van der Waals surface area contributed by atoms with E-state index >= 15 is 0 Å². The highest BCUT2D eigenvalue weighted by Gasteiger charge is 2.14. The van der Waals surface area contributed by atoms with Gasteiger partial charge in [-0.05, 0) is 5.92 Å². The first-order chi connectivity index (χ1) is 3.79. The second kappa shape index (κ2) is 2.27. The fraction of sp³-hybridized carbons (Fsp3) is 0.833. The Morgan fingerprint density at radius 1 is 1.75 bits per heavy atom. The van der Waals surface area contributed by atoms with Crippen LogP contribution in [0, 0.1) is 5.92 Å². The van der Waals surface area contributed by atoms with E-state index in [2.05, 4.69) is 0 Å². The first-order valence-corrected chi connectivity index (χ1v) is 2.88. The first kappa shape index (κ1) is 5.76. The number of ether oxygens (including phenoxy) is 1. The molecule has 8 heavy (non-hydrogen) atoms. The minimum absolute atomic E-state index is 0.240. The zero-order chi connectivity index (χ0) is 5.98. The molecule has 0 spiro atoms. The summed E-state index contributed by atoms with van der Waals surface area (Å²) in [6.45, 7) is 3.12. The highest BCUT2D eigenvalue weighted by molar-refractivity contribution is 5.80. The lowest BCUT2D eigenvalue weighted by Gasteiger charge is -2.15. The van der Waals surface area contributed by atoms with Gasteiger partial charge in [0.15, 0.2) is 5.78 Å². The SMILES string of the molecule is CC1COCC(=O)C1. The zero-order valence-corrected chi connectivity index (χ0v) is 5.02. The molecule has 46 valence electrons. The van der Waals surface area contributed by atoms with E-state index in [0.717, 1.165) is 6.61 Å². The molecule has 1 heterocycles. The average Bonchev–Trinajstić information content (AvgIpc) is 1.64. The summed E-state index contributed by atoms with van der Waals surface area (Å²) in [6.07, 6.45) is 0.708. The van der Waals surface area contributed by atoms with Crippen LogP contribution in [0.3, 0.4) is 0 Å². The molecule has 1 rings (SSSR count). The van der Waals surface area contributed by atoms with Crippen LogP contribution in [0.2, 0.25) is 0 Å². The number of carbonyl (C=O) groups excluding carboxylic acids is 1. The van der Waals surface area contributed by atoms with Gasteiger partial charge >= 0.3 is 0 Å². The van der Waals surface area contributed by atoms with Gasteiger partial charge in [-0.25, -0.2) is 0 Å². The van der Waals surface area contributed by atoms with E-state index in [1.807, 2.05) is 6.92 Å². The van der Waals surface area contributed by atoms with Crippen molar-refractivity contribution in [2.24, 2.45) is 5.92 Å². The van der Waals surface area contributed by atoms with Gasteiger partial charge in [0.05, 0.1) is 6.61 Å². The highest BCUT2D eigenvalue weighted by Crippen LogP contribution is 2.08. The number of rotatable bonds is 0. The van der Waals surface area contributed by atoms with Crippen molar-refractivity contribution in [1.29, 1.82) is 0 Å². The zero-order valence-electron chi connectivity index (χ0n) is 5.02. The Hall–Kier alpha value is -0.370. The summed E-state index contributed by atoms with van der Waals surface area (Å²) >= 11 is 0. The third kappa shape index (κ3) is 1.30. The van der Waals surface area contributed by atoms with Crippen molar-refractivity contribution in [3.05, 3.63) is 0 Å². The molecule has 2 nitrogen and oxygen atoms in total. The molecule has 1 fully saturated rings. The maximum Gasteiger partial charge on any atom is 0.158 e. The third-order valence-electron chi connectivity index (χ3n) is 1.24. The van der Waals surface area contributed by atoms with Gasteiger partial charge in [-0.1, -0.05) is 6.92 Å². The van der Waals surface area contributed by atoms with Crippen molar-refractivity contribution in [1.82, 2.24) is 0 Å². The Morgan fingerprint density at radius 2 is 2.50 bits per heavy atom. The molecule has 0 aliphatic carbocycles. The molecular weight excluding hydrogens is 104 g/mol. The van der Waals surface area contributed by atoms with Gasteiger partial charge < -0.3 is 4.74 Å². The quantitative estimate of drug-likeness (QED) is 0.461. The molecule has 0 aromatic heterocycles. The third-order valence-corrected chi connectivity index (χ3v) is 1.24. The summed E-state index contributed by atoms with van der Waals surface area (Å²) < 4.78 is 4.94. The van der Waals surface area contributed by atoms with Crippen molar-refractivity contribution < 1.29 is 9.53 Å². The standard InChI is InChI=1S/C6H10O2/c1-5-2-6(7)4-8-3-5/h5H,2-4H2,1H3. The van der Waals surface area contributed by atoms with Crippen LogP contribution < -0.4 is 0 Å². The van der Waals surface area contributed by atoms with Crippen LogP contribution in [0.5, 0.6) is 0 Å². The molecule has 1 aliphatic heterocycles. The summed E-state index contributed by atoms with van der Waals surface area (Å²) in [5.41, 5.74) is 0. The molecular formula is C6H10O2. The van der Waals surface area contributed by atoms with E-state index < -0.39 is 0 Å². The lowest BCUT2D eigenvalue weighted by Crippen LogP contribution is -2.23. The van der Waals surface area contributed by atoms with Gasteiger partial charge in [0.2, 0.25) is 0 Å². The fourth-order valence-electron chi connectivity index (χ4n) is 0.880. The minimum atomic E-state index is 0.240. The number of hydrogen-bond donors (Lipinski definition) is 0. The van der Waals surface area contributed by atoms with E-state index in [0.29, 0.717) is 18.9 Å². The van der Waals surface area contributed by atoms with E-state index in [1.165, 1.54) is 0 Å². The number of carbonyl (C=O) groups is 1. The van der Waals surface area contributed by atoms with Crippen LogP contribution in [0.1, 0.15) is 13.3 Å². The molecule has 0 aromatic carbocycles. The van der Waals surface area contributed by atoms with Crippen molar-refractivity contribution >= 4 is 5.78 Å². The van der Waals surface area contributed by atoms with Crippen LogP contribution in [-0.2, 0) is 9.53 Å². The van der Waals surface area contributed by atoms with Crippen LogP contribution in [0.4, 0.5) is 0 Å². The maximum absolute atomic E-state index is 10.5. The fourth-order valence-corrected chi connectivity index (χ4v) is 0.880. The van der Waals surface area contributed by atoms with Gasteiger partial charge in [0, 0.05) is 6.42 Å². The Bertz CT molecular complexity index is 98.7. The second-order valence-electron chi connectivity index (χ2n) is 2.36. The lowest BCUT2D eigenvalue weighted by molar-refractivity contribution is -0.129. The molecule has 0 N–H and O–H groups in total. The second-order valence-corrected chi connectivity index (χ2v) is 2.36. The van der Waals surface area contributed by atoms with Crippen LogP contribution in [-0.4, -0.2) is 19.0 Å². The Labute approximate surface area is 48.8 Å². The molecule has 0 aromatic rings. The van der Waals surface area contributed by atoms with Crippen LogP contribution in [0.15, 0.2) is 0 Å². The molecule has 0 amide bonds. The number of ketones is 1. The largest absolute Gasteiger partial charge is 0.373 e. The smallest absolute Gasteiger partial charge is 0.158 e.